The number of nitrogens with one attached hydrogen (secondary N) is 3. The minimum absolute atomic E-state index is 0.296. The van der Waals surface area contributed by atoms with E-state index in [1.165, 1.54) is 0 Å². The number of benzene rings is 2. The van der Waals surface area contributed by atoms with Crippen molar-refractivity contribution in [1.82, 2.24) is 5.32 Å². The number of anilines is 2. The molecule has 7 heteroatoms. The third-order valence-electron chi connectivity index (χ3n) is 3.22. The van der Waals surface area contributed by atoms with Crippen LogP contribution in [0.1, 0.15) is 11.1 Å². The molecule has 6 nitrogen and oxygen atoms in total. The van der Waals surface area contributed by atoms with Gasteiger partial charge in [0.2, 0.25) is 5.91 Å². The van der Waals surface area contributed by atoms with Gasteiger partial charge in [-0.1, -0.05) is 22.0 Å². The lowest BCUT2D eigenvalue weighted by molar-refractivity contribution is -0.136. The molecule has 0 saturated carbocycles. The highest BCUT2D eigenvalue weighted by Crippen LogP contribution is 2.14. The van der Waals surface area contributed by atoms with E-state index in [1.807, 2.05) is 19.9 Å². The zero-order valence-electron chi connectivity index (χ0n) is 13.9. The van der Waals surface area contributed by atoms with Crippen LogP contribution in [0.15, 0.2) is 46.9 Å². The van der Waals surface area contributed by atoms with Gasteiger partial charge in [0.25, 0.3) is 0 Å². The largest absolute Gasteiger partial charge is 0.339 e. The second kappa shape index (κ2) is 8.43. The van der Waals surface area contributed by atoms with E-state index in [1.54, 1.807) is 36.4 Å². The van der Waals surface area contributed by atoms with Crippen molar-refractivity contribution in [3.05, 3.63) is 58.1 Å². The first-order chi connectivity index (χ1) is 11.8. The van der Waals surface area contributed by atoms with Crippen LogP contribution in [0.3, 0.4) is 0 Å². The fourth-order valence-corrected chi connectivity index (χ4v) is 2.48. The van der Waals surface area contributed by atoms with Gasteiger partial charge in [0.05, 0.1) is 6.54 Å². The molecular formula is C18H18BrN3O3. The second-order valence-electron chi connectivity index (χ2n) is 5.57. The maximum atomic E-state index is 11.9. The number of rotatable bonds is 4. The molecule has 0 aliphatic heterocycles. The molecule has 0 bridgehead atoms. The van der Waals surface area contributed by atoms with Gasteiger partial charge in [-0.05, 0) is 61.4 Å². The molecule has 130 valence electrons. The third kappa shape index (κ3) is 6.04. The highest BCUT2D eigenvalue weighted by atomic mass is 79.9. The van der Waals surface area contributed by atoms with E-state index >= 15 is 0 Å². The van der Waals surface area contributed by atoms with Crippen LogP contribution in [0, 0.1) is 13.8 Å². The van der Waals surface area contributed by atoms with Crippen LogP contribution in [0.25, 0.3) is 0 Å². The van der Waals surface area contributed by atoms with Crippen molar-refractivity contribution >= 4 is 45.0 Å². The van der Waals surface area contributed by atoms with Crippen molar-refractivity contribution in [3.63, 3.8) is 0 Å². The van der Waals surface area contributed by atoms with E-state index in [-0.39, 0.29) is 6.54 Å². The smallest absolute Gasteiger partial charge is 0.313 e. The number of amides is 3. The molecule has 0 atom stereocenters. The third-order valence-corrected chi connectivity index (χ3v) is 3.75. The summed E-state index contributed by atoms with van der Waals surface area (Å²) in [6, 6.07) is 12.5. The summed E-state index contributed by atoms with van der Waals surface area (Å²) in [5, 5.41) is 7.43. The molecule has 0 aromatic heterocycles. The minimum Gasteiger partial charge on any atom is -0.339 e. The fourth-order valence-electron chi connectivity index (χ4n) is 2.21. The van der Waals surface area contributed by atoms with Crippen molar-refractivity contribution in [2.75, 3.05) is 17.2 Å². The Labute approximate surface area is 154 Å². The highest BCUT2D eigenvalue weighted by Gasteiger charge is 2.15. The van der Waals surface area contributed by atoms with Crippen molar-refractivity contribution in [2.24, 2.45) is 0 Å². The SMILES string of the molecule is Cc1cc(C)cc(NC(=O)C(=O)NCC(=O)Nc2ccc(Br)cc2)c1. The zero-order chi connectivity index (χ0) is 18.4. The summed E-state index contributed by atoms with van der Waals surface area (Å²) in [7, 11) is 0. The van der Waals surface area contributed by atoms with Crippen LogP contribution in [-0.4, -0.2) is 24.3 Å². The number of carbonyl (C=O) groups excluding carboxylic acids is 3. The minimum atomic E-state index is -0.870. The highest BCUT2D eigenvalue weighted by molar-refractivity contribution is 9.10. The first kappa shape index (κ1) is 18.7. The van der Waals surface area contributed by atoms with E-state index in [2.05, 4.69) is 31.9 Å². The topological polar surface area (TPSA) is 87.3 Å². The molecule has 0 spiro atoms. The van der Waals surface area contributed by atoms with Crippen molar-refractivity contribution < 1.29 is 14.4 Å². The normalized spacial score (nSPS) is 10.0. The lowest BCUT2D eigenvalue weighted by Crippen LogP contribution is -2.39. The van der Waals surface area contributed by atoms with E-state index in [0.29, 0.717) is 11.4 Å². The Morgan fingerprint density at radius 2 is 1.44 bits per heavy atom. The first-order valence-corrected chi connectivity index (χ1v) is 8.35. The molecule has 3 N–H and O–H groups in total. The zero-order valence-corrected chi connectivity index (χ0v) is 15.4. The summed E-state index contributed by atoms with van der Waals surface area (Å²) in [6.45, 7) is 3.50. The van der Waals surface area contributed by atoms with Crippen LogP contribution in [0.2, 0.25) is 0 Å². The summed E-state index contributed by atoms with van der Waals surface area (Å²) in [5.41, 5.74) is 3.09. The van der Waals surface area contributed by atoms with Gasteiger partial charge in [0.1, 0.15) is 0 Å². The summed E-state index contributed by atoms with van der Waals surface area (Å²) in [6.07, 6.45) is 0. The summed E-state index contributed by atoms with van der Waals surface area (Å²) in [4.78, 5) is 35.5. The summed E-state index contributed by atoms with van der Waals surface area (Å²) >= 11 is 3.30. The van der Waals surface area contributed by atoms with Gasteiger partial charge in [-0.15, -0.1) is 0 Å². The maximum Gasteiger partial charge on any atom is 0.313 e. The predicted octanol–water partition coefficient (Wildman–Crippen LogP) is 2.76. The Hall–Kier alpha value is -2.67. The Morgan fingerprint density at radius 1 is 0.840 bits per heavy atom. The molecule has 2 aromatic rings. The van der Waals surface area contributed by atoms with Crippen molar-refractivity contribution in [2.45, 2.75) is 13.8 Å². The standard InChI is InChI=1S/C18H18BrN3O3/c1-11-7-12(2)9-15(8-11)22-18(25)17(24)20-10-16(23)21-14-5-3-13(19)4-6-14/h3-9H,10H2,1-2H3,(H,20,24)(H,21,23)(H,22,25). The van der Waals surface area contributed by atoms with E-state index in [9.17, 15) is 14.4 Å². The second-order valence-corrected chi connectivity index (χ2v) is 6.48. The Bertz CT molecular complexity index is 783. The van der Waals surface area contributed by atoms with E-state index in [4.69, 9.17) is 0 Å². The maximum absolute atomic E-state index is 11.9. The van der Waals surface area contributed by atoms with Gasteiger partial charge in [-0.3, -0.25) is 14.4 Å². The number of hydrogen-bond donors (Lipinski definition) is 3. The molecule has 2 aromatic carbocycles. The van der Waals surface area contributed by atoms with Gasteiger partial charge < -0.3 is 16.0 Å². The molecule has 3 amide bonds. The van der Waals surface area contributed by atoms with E-state index in [0.717, 1.165) is 15.6 Å². The summed E-state index contributed by atoms with van der Waals surface area (Å²) in [5.74, 6) is -2.11. The monoisotopic (exact) mass is 403 g/mol. The fraction of sp³-hybridized carbons (Fsp3) is 0.167. The van der Waals surface area contributed by atoms with Gasteiger partial charge >= 0.3 is 11.8 Å². The number of carbonyl (C=O) groups is 3. The molecule has 0 saturated heterocycles. The Kier molecular flexibility index (Phi) is 6.30. The number of halogens is 1. The molecular weight excluding hydrogens is 386 g/mol. The van der Waals surface area contributed by atoms with Gasteiger partial charge in [-0.2, -0.15) is 0 Å². The molecule has 0 fully saturated rings. The summed E-state index contributed by atoms with van der Waals surface area (Å²) < 4.78 is 0.891. The average molecular weight is 404 g/mol. The lowest BCUT2D eigenvalue weighted by atomic mass is 10.1. The first-order valence-electron chi connectivity index (χ1n) is 7.56. The number of hydrogen-bond acceptors (Lipinski definition) is 3. The van der Waals surface area contributed by atoms with Crippen LogP contribution >= 0.6 is 15.9 Å². The molecule has 0 aliphatic carbocycles. The lowest BCUT2D eigenvalue weighted by Gasteiger charge is -2.09. The van der Waals surface area contributed by atoms with Gasteiger partial charge in [-0.25, -0.2) is 0 Å². The quantitative estimate of drug-likeness (QED) is 0.685. The van der Waals surface area contributed by atoms with Crippen molar-refractivity contribution in [3.8, 4) is 0 Å². The molecule has 25 heavy (non-hydrogen) atoms. The van der Waals surface area contributed by atoms with Gasteiger partial charge in [0.15, 0.2) is 0 Å². The van der Waals surface area contributed by atoms with Crippen molar-refractivity contribution in [1.29, 1.82) is 0 Å². The molecule has 2 rings (SSSR count). The molecule has 0 radical (unpaired) electrons. The Morgan fingerprint density at radius 3 is 2.04 bits per heavy atom. The van der Waals surface area contributed by atoms with Crippen LogP contribution in [0.4, 0.5) is 11.4 Å². The molecule has 0 unspecified atom stereocenters. The van der Waals surface area contributed by atoms with E-state index < -0.39 is 17.7 Å². The Balaban J connectivity index is 1.83. The molecule has 0 heterocycles. The van der Waals surface area contributed by atoms with Gasteiger partial charge in [0, 0.05) is 15.8 Å². The van der Waals surface area contributed by atoms with Crippen LogP contribution in [0.5, 0.6) is 0 Å². The predicted molar refractivity (Wildman–Crippen MR) is 100 cm³/mol. The van der Waals surface area contributed by atoms with Crippen LogP contribution in [-0.2, 0) is 14.4 Å². The molecule has 0 aliphatic rings. The number of aryl methyl sites for hydroxylation is 2. The van der Waals surface area contributed by atoms with Crippen LogP contribution < -0.4 is 16.0 Å². The average Bonchev–Trinajstić information content (AvgIpc) is 2.53.